The molecule has 0 spiro atoms. The maximum absolute atomic E-state index is 13.0. The lowest BCUT2D eigenvalue weighted by Crippen LogP contribution is -2.34. The second-order valence-electron chi connectivity index (χ2n) is 3.02. The maximum atomic E-state index is 13.0. The van der Waals surface area contributed by atoms with Crippen LogP contribution in [0.3, 0.4) is 0 Å². The summed E-state index contributed by atoms with van der Waals surface area (Å²) in [6.45, 7) is -3.40. The topological polar surface area (TPSA) is 18.5 Å². The first-order valence-electron chi connectivity index (χ1n) is 4.65. The summed E-state index contributed by atoms with van der Waals surface area (Å²) < 4.78 is 59.5. The van der Waals surface area contributed by atoms with Gasteiger partial charge >= 0.3 is 6.98 Å². The van der Waals surface area contributed by atoms with Gasteiger partial charge in [-0.15, -0.1) is 5.46 Å². The smallest absolute Gasteiger partial charge is 0.465 e. The van der Waals surface area contributed by atoms with Crippen LogP contribution in [0.25, 0.3) is 0 Å². The molecule has 0 amide bonds. The van der Waals surface area contributed by atoms with Crippen LogP contribution in [0.4, 0.5) is 17.3 Å². The monoisotopic (exact) mass is 237 g/mol. The number of rotatable bonds is 5. The third-order valence-corrected chi connectivity index (χ3v) is 1.84. The van der Waals surface area contributed by atoms with Crippen molar-refractivity contribution in [2.24, 2.45) is 0 Å². The lowest BCUT2D eigenvalue weighted by atomic mass is 9.80. The fourth-order valence-electron chi connectivity index (χ4n) is 1.02. The second kappa shape index (κ2) is 5.20. The van der Waals surface area contributed by atoms with Gasteiger partial charge in [0.1, 0.15) is 0 Å². The van der Waals surface area contributed by atoms with Crippen molar-refractivity contribution in [2.45, 2.75) is 6.92 Å². The minimum atomic E-state index is -5.15. The average Bonchev–Trinajstić information content (AvgIpc) is 2.19. The van der Waals surface area contributed by atoms with Crippen LogP contribution in [0.5, 0.6) is 5.75 Å². The van der Waals surface area contributed by atoms with Gasteiger partial charge in [0.2, 0.25) is 0 Å². The Labute approximate surface area is 90.2 Å². The van der Waals surface area contributed by atoms with Crippen molar-refractivity contribution in [3.63, 3.8) is 0 Å². The Morgan fingerprint density at radius 2 is 1.94 bits per heavy atom. The van der Waals surface area contributed by atoms with Crippen molar-refractivity contribution in [2.75, 3.05) is 13.4 Å². The fraction of sp³-hybridized carbons (Fsp3) is 0.333. The van der Waals surface area contributed by atoms with Crippen molar-refractivity contribution >= 4 is 12.4 Å². The van der Waals surface area contributed by atoms with E-state index >= 15 is 0 Å². The first-order valence-corrected chi connectivity index (χ1v) is 4.65. The highest BCUT2D eigenvalue weighted by Crippen LogP contribution is 2.18. The van der Waals surface area contributed by atoms with Crippen molar-refractivity contribution in [3.8, 4) is 5.75 Å². The first kappa shape index (κ1) is 12.8. The van der Waals surface area contributed by atoms with Crippen LogP contribution in [0.1, 0.15) is 6.92 Å². The SMILES string of the molecule is CCOCOc1cc([B-](F)(F)F)ccc1F. The van der Waals surface area contributed by atoms with Crippen LogP contribution >= 0.6 is 0 Å². The van der Waals surface area contributed by atoms with E-state index in [1.807, 2.05) is 0 Å². The van der Waals surface area contributed by atoms with E-state index in [1.54, 1.807) is 6.92 Å². The molecule has 0 aromatic heterocycles. The first-order chi connectivity index (χ1) is 7.45. The minimum absolute atomic E-state index is 0.276. The summed E-state index contributed by atoms with van der Waals surface area (Å²) in [7, 11) is 0. The Morgan fingerprint density at radius 3 is 2.50 bits per heavy atom. The van der Waals surface area contributed by atoms with Gasteiger partial charge in [0.15, 0.2) is 18.4 Å². The third kappa shape index (κ3) is 3.41. The van der Waals surface area contributed by atoms with Gasteiger partial charge in [-0.25, -0.2) is 4.39 Å². The number of hydrogen-bond acceptors (Lipinski definition) is 2. The number of halogens is 4. The largest absolute Gasteiger partial charge is 0.509 e. The quantitative estimate of drug-likeness (QED) is 0.338. The standard InChI is InChI=1S/C9H10BF4O2/c1-2-15-6-16-9-5-7(10(12,13)14)3-4-8(9)11/h3-5H,2,6H2,1H3/q-1. The van der Waals surface area contributed by atoms with Crippen molar-refractivity contribution in [1.82, 2.24) is 0 Å². The van der Waals surface area contributed by atoms with Gasteiger partial charge in [0.25, 0.3) is 0 Å². The molecule has 90 valence electrons. The van der Waals surface area contributed by atoms with E-state index in [0.29, 0.717) is 18.7 Å². The summed E-state index contributed by atoms with van der Waals surface area (Å²) in [5.41, 5.74) is -0.895. The predicted octanol–water partition coefficient (Wildman–Crippen LogP) is 2.25. The minimum Gasteiger partial charge on any atom is -0.465 e. The molecule has 0 bridgehead atoms. The number of benzene rings is 1. The van der Waals surface area contributed by atoms with E-state index < -0.39 is 24.0 Å². The zero-order valence-corrected chi connectivity index (χ0v) is 8.55. The molecule has 1 rings (SSSR count). The van der Waals surface area contributed by atoms with Crippen LogP contribution in [0.15, 0.2) is 18.2 Å². The van der Waals surface area contributed by atoms with Crippen LogP contribution in [0, 0.1) is 5.82 Å². The fourth-order valence-corrected chi connectivity index (χ4v) is 1.02. The van der Waals surface area contributed by atoms with Crippen LogP contribution in [-0.4, -0.2) is 20.4 Å². The average molecular weight is 237 g/mol. The van der Waals surface area contributed by atoms with Gasteiger partial charge in [0, 0.05) is 6.61 Å². The van der Waals surface area contributed by atoms with Gasteiger partial charge in [-0.1, -0.05) is 6.07 Å². The third-order valence-electron chi connectivity index (χ3n) is 1.84. The Morgan fingerprint density at radius 1 is 1.25 bits per heavy atom. The lowest BCUT2D eigenvalue weighted by molar-refractivity contribution is 0.0201. The Balaban J connectivity index is 2.83. The van der Waals surface area contributed by atoms with E-state index in [9.17, 15) is 17.3 Å². The predicted molar refractivity (Wildman–Crippen MR) is 52.2 cm³/mol. The Hall–Kier alpha value is -1.24. The molecule has 0 saturated heterocycles. The molecule has 0 aliphatic rings. The normalized spacial score (nSPS) is 11.6. The highest BCUT2D eigenvalue weighted by Gasteiger charge is 2.26. The van der Waals surface area contributed by atoms with Crippen LogP contribution in [-0.2, 0) is 4.74 Å². The molecule has 16 heavy (non-hydrogen) atoms. The molecule has 2 nitrogen and oxygen atoms in total. The summed E-state index contributed by atoms with van der Waals surface area (Å²) in [4.78, 5) is 0. The molecule has 0 heterocycles. The molecule has 0 radical (unpaired) electrons. The zero-order chi connectivity index (χ0) is 12.2. The van der Waals surface area contributed by atoms with Gasteiger partial charge < -0.3 is 22.4 Å². The van der Waals surface area contributed by atoms with Crippen molar-refractivity contribution in [1.29, 1.82) is 0 Å². The molecule has 7 heteroatoms. The molecule has 0 aliphatic heterocycles. The summed E-state index contributed by atoms with van der Waals surface area (Å²) >= 11 is 0. The van der Waals surface area contributed by atoms with Gasteiger partial charge in [-0.2, -0.15) is 0 Å². The molecule has 0 fully saturated rings. The van der Waals surface area contributed by atoms with E-state index in [-0.39, 0.29) is 6.79 Å². The van der Waals surface area contributed by atoms with E-state index in [1.165, 1.54) is 0 Å². The molecule has 1 aromatic rings. The Bertz CT molecular complexity index is 354. The molecular formula is C9H10BF4O2-. The molecule has 0 unspecified atom stereocenters. The molecule has 0 aliphatic carbocycles. The van der Waals surface area contributed by atoms with Crippen molar-refractivity contribution < 1.29 is 26.8 Å². The molecule has 0 saturated carbocycles. The van der Waals surface area contributed by atoms with Gasteiger partial charge in [-0.3, -0.25) is 0 Å². The highest BCUT2D eigenvalue weighted by molar-refractivity contribution is 6.73. The summed E-state index contributed by atoms with van der Waals surface area (Å²) in [6.07, 6.45) is 0. The van der Waals surface area contributed by atoms with E-state index in [4.69, 9.17) is 9.47 Å². The van der Waals surface area contributed by atoms with Crippen LogP contribution < -0.4 is 10.2 Å². The van der Waals surface area contributed by atoms with Crippen molar-refractivity contribution in [3.05, 3.63) is 24.0 Å². The molecule has 1 aromatic carbocycles. The number of hydrogen-bond donors (Lipinski definition) is 0. The van der Waals surface area contributed by atoms with Gasteiger partial charge in [0.05, 0.1) is 0 Å². The summed E-state index contributed by atoms with van der Waals surface area (Å²) in [5, 5.41) is 0. The molecular weight excluding hydrogens is 227 g/mol. The van der Waals surface area contributed by atoms with E-state index in [2.05, 4.69) is 0 Å². The molecule has 0 N–H and O–H groups in total. The summed E-state index contributed by atoms with van der Waals surface area (Å²) in [6, 6.07) is 2.04. The van der Waals surface area contributed by atoms with Crippen LogP contribution in [0.2, 0.25) is 0 Å². The summed E-state index contributed by atoms with van der Waals surface area (Å²) in [5.74, 6) is -1.30. The highest BCUT2D eigenvalue weighted by atomic mass is 19.4. The zero-order valence-electron chi connectivity index (χ0n) is 8.55. The molecule has 0 atom stereocenters. The van der Waals surface area contributed by atoms with Gasteiger partial charge in [-0.05, 0) is 19.1 Å². The second-order valence-corrected chi connectivity index (χ2v) is 3.02. The lowest BCUT2D eigenvalue weighted by Gasteiger charge is -2.16. The Kier molecular flexibility index (Phi) is 4.17. The van der Waals surface area contributed by atoms with E-state index in [0.717, 1.165) is 6.07 Å². The maximum Gasteiger partial charge on any atom is 0.509 e. The number of ether oxygens (including phenoxy) is 2.